The topological polar surface area (TPSA) is 50.4 Å². The zero-order valence-electron chi connectivity index (χ0n) is 12.0. The van der Waals surface area contributed by atoms with Gasteiger partial charge in [-0.15, -0.1) is 0 Å². The Morgan fingerprint density at radius 3 is 3.00 bits per heavy atom. The van der Waals surface area contributed by atoms with E-state index in [0.29, 0.717) is 12.1 Å². The largest absolute Gasteiger partial charge is 0.494 e. The van der Waals surface area contributed by atoms with Crippen LogP contribution < -0.4 is 15.4 Å². The van der Waals surface area contributed by atoms with Crippen LogP contribution in [0.25, 0.3) is 0 Å². The molecule has 0 spiro atoms. The molecule has 0 saturated carbocycles. The smallest absolute Gasteiger partial charge is 0.251 e. The zero-order valence-corrected chi connectivity index (χ0v) is 12.0. The van der Waals surface area contributed by atoms with Crippen LogP contribution in [0.4, 0.5) is 4.39 Å². The number of halogens is 1. The van der Waals surface area contributed by atoms with Crippen LogP contribution in [0.3, 0.4) is 0 Å². The molecule has 20 heavy (non-hydrogen) atoms. The summed E-state index contributed by atoms with van der Waals surface area (Å²) in [6.07, 6.45) is 2.21. The Hall–Kier alpha value is -1.62. The fourth-order valence-electron chi connectivity index (χ4n) is 2.47. The normalized spacial score (nSPS) is 22.4. The second-order valence-electron chi connectivity index (χ2n) is 5.62. The van der Waals surface area contributed by atoms with E-state index in [0.717, 1.165) is 25.9 Å². The van der Waals surface area contributed by atoms with Gasteiger partial charge in [0.05, 0.1) is 7.11 Å². The standard InChI is InChI=1S/C15H21FN2O2/c1-15(6-3-7-17-9-15)10-18-14(19)11-4-5-12(16)13(8-11)20-2/h4-5,8,17H,3,6-7,9-10H2,1-2H3,(H,18,19). The highest BCUT2D eigenvalue weighted by Crippen LogP contribution is 2.24. The summed E-state index contributed by atoms with van der Waals surface area (Å²) in [7, 11) is 1.38. The Bertz CT molecular complexity index is 485. The number of piperidine rings is 1. The van der Waals surface area contributed by atoms with Gasteiger partial charge in [-0.1, -0.05) is 6.92 Å². The van der Waals surface area contributed by atoms with Crippen molar-refractivity contribution in [3.63, 3.8) is 0 Å². The Morgan fingerprint density at radius 2 is 2.35 bits per heavy atom. The SMILES string of the molecule is COc1cc(C(=O)NCC2(C)CCCNC2)ccc1F. The predicted octanol–water partition coefficient (Wildman–Crippen LogP) is 1.95. The van der Waals surface area contributed by atoms with Gasteiger partial charge in [0.25, 0.3) is 5.91 Å². The van der Waals surface area contributed by atoms with E-state index in [1.807, 2.05) is 0 Å². The van der Waals surface area contributed by atoms with Gasteiger partial charge in [0.2, 0.25) is 0 Å². The molecule has 110 valence electrons. The van der Waals surface area contributed by atoms with Crippen molar-refractivity contribution in [1.82, 2.24) is 10.6 Å². The Morgan fingerprint density at radius 1 is 1.55 bits per heavy atom. The molecule has 4 nitrogen and oxygen atoms in total. The van der Waals surface area contributed by atoms with Crippen LogP contribution in [0.5, 0.6) is 5.75 Å². The summed E-state index contributed by atoms with van der Waals surface area (Å²) in [6, 6.07) is 4.14. The Kier molecular flexibility index (Phi) is 4.60. The van der Waals surface area contributed by atoms with Gasteiger partial charge in [0, 0.05) is 18.7 Å². The molecule has 1 heterocycles. The Balaban J connectivity index is 1.98. The van der Waals surface area contributed by atoms with Crippen molar-refractivity contribution in [2.45, 2.75) is 19.8 Å². The van der Waals surface area contributed by atoms with Crippen LogP contribution in [-0.4, -0.2) is 32.7 Å². The number of hydrogen-bond donors (Lipinski definition) is 2. The van der Waals surface area contributed by atoms with Gasteiger partial charge in [-0.25, -0.2) is 4.39 Å². The maximum absolute atomic E-state index is 13.3. The number of carbonyl (C=O) groups excluding carboxylic acids is 1. The molecular weight excluding hydrogens is 259 g/mol. The summed E-state index contributed by atoms with van der Waals surface area (Å²) < 4.78 is 18.2. The average molecular weight is 280 g/mol. The summed E-state index contributed by atoms with van der Waals surface area (Å²) >= 11 is 0. The van der Waals surface area contributed by atoms with Gasteiger partial charge in [-0.2, -0.15) is 0 Å². The van der Waals surface area contributed by atoms with E-state index in [2.05, 4.69) is 17.6 Å². The molecule has 1 amide bonds. The van der Waals surface area contributed by atoms with E-state index >= 15 is 0 Å². The quantitative estimate of drug-likeness (QED) is 0.886. The molecular formula is C15H21FN2O2. The van der Waals surface area contributed by atoms with E-state index in [1.54, 1.807) is 0 Å². The lowest BCUT2D eigenvalue weighted by atomic mass is 9.83. The van der Waals surface area contributed by atoms with Crippen LogP contribution in [-0.2, 0) is 0 Å². The summed E-state index contributed by atoms with van der Waals surface area (Å²) in [5, 5.41) is 6.27. The minimum absolute atomic E-state index is 0.0814. The molecule has 1 fully saturated rings. The van der Waals surface area contributed by atoms with Crippen LogP contribution >= 0.6 is 0 Å². The monoisotopic (exact) mass is 280 g/mol. The molecule has 5 heteroatoms. The molecule has 0 bridgehead atoms. The number of nitrogens with one attached hydrogen (secondary N) is 2. The molecule has 2 N–H and O–H groups in total. The number of ether oxygens (including phenoxy) is 1. The molecule has 0 aliphatic carbocycles. The van der Waals surface area contributed by atoms with Crippen LogP contribution in [0.1, 0.15) is 30.1 Å². The highest BCUT2D eigenvalue weighted by atomic mass is 19.1. The van der Waals surface area contributed by atoms with E-state index in [-0.39, 0.29) is 17.1 Å². The van der Waals surface area contributed by atoms with Crippen molar-refractivity contribution in [2.24, 2.45) is 5.41 Å². The van der Waals surface area contributed by atoms with Crippen LogP contribution in [0.15, 0.2) is 18.2 Å². The number of methoxy groups -OCH3 is 1. The van der Waals surface area contributed by atoms with E-state index in [4.69, 9.17) is 4.74 Å². The lowest BCUT2D eigenvalue weighted by Gasteiger charge is -2.34. The molecule has 2 rings (SSSR count). The fourth-order valence-corrected chi connectivity index (χ4v) is 2.47. The van der Waals surface area contributed by atoms with Gasteiger partial charge < -0.3 is 15.4 Å². The summed E-state index contributed by atoms with van der Waals surface area (Å²) in [6.45, 7) is 4.71. The first-order valence-corrected chi connectivity index (χ1v) is 6.86. The Labute approximate surface area is 118 Å². The van der Waals surface area contributed by atoms with Gasteiger partial charge >= 0.3 is 0 Å². The predicted molar refractivity (Wildman–Crippen MR) is 75.5 cm³/mol. The number of benzene rings is 1. The van der Waals surface area contributed by atoms with E-state index in [1.165, 1.54) is 25.3 Å². The number of rotatable bonds is 4. The number of carbonyl (C=O) groups is 1. The van der Waals surface area contributed by atoms with Crippen molar-refractivity contribution in [1.29, 1.82) is 0 Å². The van der Waals surface area contributed by atoms with Crippen LogP contribution in [0.2, 0.25) is 0 Å². The first kappa shape index (κ1) is 14.8. The molecule has 1 atom stereocenters. The van der Waals surface area contributed by atoms with Crippen molar-refractivity contribution >= 4 is 5.91 Å². The second-order valence-corrected chi connectivity index (χ2v) is 5.62. The van der Waals surface area contributed by atoms with E-state index in [9.17, 15) is 9.18 Å². The zero-order chi connectivity index (χ0) is 14.6. The molecule has 1 unspecified atom stereocenters. The van der Waals surface area contributed by atoms with Crippen molar-refractivity contribution in [3.8, 4) is 5.75 Å². The molecule has 1 aromatic rings. The minimum Gasteiger partial charge on any atom is -0.494 e. The van der Waals surface area contributed by atoms with Crippen molar-refractivity contribution in [2.75, 3.05) is 26.7 Å². The van der Waals surface area contributed by atoms with E-state index < -0.39 is 5.82 Å². The summed E-state index contributed by atoms with van der Waals surface area (Å²) in [5.41, 5.74) is 0.494. The lowest BCUT2D eigenvalue weighted by molar-refractivity contribution is 0.0924. The van der Waals surface area contributed by atoms with Gasteiger partial charge in [-0.05, 0) is 43.0 Å². The fraction of sp³-hybridized carbons (Fsp3) is 0.533. The third-order valence-electron chi connectivity index (χ3n) is 3.77. The summed E-state index contributed by atoms with van der Waals surface area (Å²) in [5.74, 6) is -0.578. The molecule has 1 saturated heterocycles. The van der Waals surface area contributed by atoms with Gasteiger partial charge in [-0.3, -0.25) is 4.79 Å². The van der Waals surface area contributed by atoms with Gasteiger partial charge in [0.15, 0.2) is 11.6 Å². The maximum atomic E-state index is 13.3. The third kappa shape index (κ3) is 3.48. The molecule has 1 aliphatic heterocycles. The van der Waals surface area contributed by atoms with Gasteiger partial charge in [0.1, 0.15) is 0 Å². The number of amides is 1. The third-order valence-corrected chi connectivity index (χ3v) is 3.77. The maximum Gasteiger partial charge on any atom is 0.251 e. The first-order chi connectivity index (χ1) is 9.54. The highest BCUT2D eigenvalue weighted by Gasteiger charge is 2.27. The molecule has 1 aliphatic rings. The average Bonchev–Trinajstić information content (AvgIpc) is 2.46. The van der Waals surface area contributed by atoms with Crippen molar-refractivity contribution < 1.29 is 13.9 Å². The van der Waals surface area contributed by atoms with Crippen molar-refractivity contribution in [3.05, 3.63) is 29.6 Å². The highest BCUT2D eigenvalue weighted by molar-refractivity contribution is 5.94. The summed E-state index contributed by atoms with van der Waals surface area (Å²) in [4.78, 5) is 12.1. The van der Waals surface area contributed by atoms with Crippen LogP contribution in [0, 0.1) is 11.2 Å². The number of hydrogen-bond acceptors (Lipinski definition) is 3. The lowest BCUT2D eigenvalue weighted by Crippen LogP contribution is -2.45. The minimum atomic E-state index is -0.465. The molecule has 1 aromatic carbocycles. The molecule has 0 aromatic heterocycles. The second kappa shape index (κ2) is 6.22. The first-order valence-electron chi connectivity index (χ1n) is 6.86. The molecule has 0 radical (unpaired) electrons.